The van der Waals surface area contributed by atoms with Crippen molar-refractivity contribution in [3.8, 4) is 0 Å². The molecule has 0 aromatic heterocycles. The molecule has 1 aromatic carbocycles. The van der Waals surface area contributed by atoms with Crippen molar-refractivity contribution in [1.82, 2.24) is 15.5 Å². The summed E-state index contributed by atoms with van der Waals surface area (Å²) in [6.07, 6.45) is 3.25. The Morgan fingerprint density at radius 2 is 2.14 bits per heavy atom. The number of rotatable bonds is 9. The van der Waals surface area contributed by atoms with Gasteiger partial charge in [-0.15, -0.1) is 24.0 Å². The number of hydrogen-bond donors (Lipinski definition) is 2. The summed E-state index contributed by atoms with van der Waals surface area (Å²) in [6, 6.07) is 9.26. The highest BCUT2D eigenvalue weighted by molar-refractivity contribution is 14.0. The van der Waals surface area contributed by atoms with Gasteiger partial charge in [-0.1, -0.05) is 24.3 Å². The quantitative estimate of drug-likeness (QED) is 0.229. The molecule has 164 valence electrons. The minimum Gasteiger partial charge on any atom is -0.381 e. The number of guanidine groups is 1. The summed E-state index contributed by atoms with van der Waals surface area (Å²) in [4.78, 5) is 6.89. The van der Waals surface area contributed by atoms with Gasteiger partial charge in [0.05, 0.1) is 13.2 Å². The highest BCUT2D eigenvalue weighted by Gasteiger charge is 2.20. The van der Waals surface area contributed by atoms with E-state index in [9.17, 15) is 0 Å². The van der Waals surface area contributed by atoms with Crippen LogP contribution in [0.4, 0.5) is 0 Å². The molecule has 0 amide bonds. The van der Waals surface area contributed by atoms with Crippen LogP contribution in [0.15, 0.2) is 29.3 Å². The molecule has 0 saturated carbocycles. The number of ether oxygens (including phenoxy) is 2. The maximum atomic E-state index is 5.75. The zero-order chi connectivity index (χ0) is 19.6. The number of aliphatic imine (C=N–C) groups is 1. The van der Waals surface area contributed by atoms with Crippen LogP contribution in [0.3, 0.4) is 0 Å². The summed E-state index contributed by atoms with van der Waals surface area (Å²) >= 11 is 0. The molecule has 0 bridgehead atoms. The Morgan fingerprint density at radius 3 is 2.90 bits per heavy atom. The number of hydrogen-bond acceptors (Lipinski definition) is 4. The first-order valence-corrected chi connectivity index (χ1v) is 10.7. The molecule has 0 spiro atoms. The van der Waals surface area contributed by atoms with Gasteiger partial charge in [-0.2, -0.15) is 0 Å². The Morgan fingerprint density at radius 1 is 1.31 bits per heavy atom. The van der Waals surface area contributed by atoms with Gasteiger partial charge in [0.25, 0.3) is 0 Å². The summed E-state index contributed by atoms with van der Waals surface area (Å²) < 4.78 is 11.1. The molecular weight excluding hydrogens is 479 g/mol. The summed E-state index contributed by atoms with van der Waals surface area (Å²) in [6.45, 7) is 9.55. The molecule has 29 heavy (non-hydrogen) atoms. The van der Waals surface area contributed by atoms with Crippen LogP contribution in [0.5, 0.6) is 0 Å². The van der Waals surface area contributed by atoms with Gasteiger partial charge in [0, 0.05) is 58.4 Å². The monoisotopic (exact) mass is 516 g/mol. The van der Waals surface area contributed by atoms with Crippen LogP contribution in [0, 0.1) is 5.92 Å². The van der Waals surface area contributed by atoms with Crippen LogP contribution in [0.25, 0.3) is 0 Å². The lowest BCUT2D eigenvalue weighted by Gasteiger charge is -2.34. The fraction of sp³-hybridized carbons (Fsp3) is 0.682. The molecule has 1 fully saturated rings. The molecule has 3 rings (SSSR count). The van der Waals surface area contributed by atoms with E-state index in [1.54, 1.807) is 0 Å². The van der Waals surface area contributed by atoms with Crippen molar-refractivity contribution in [2.75, 3.05) is 53.1 Å². The van der Waals surface area contributed by atoms with Crippen molar-refractivity contribution in [2.24, 2.45) is 10.9 Å². The minimum atomic E-state index is 0. The van der Waals surface area contributed by atoms with Crippen LogP contribution < -0.4 is 10.6 Å². The maximum Gasteiger partial charge on any atom is 0.191 e. The van der Waals surface area contributed by atoms with E-state index < -0.39 is 0 Å². The van der Waals surface area contributed by atoms with Crippen molar-refractivity contribution in [3.63, 3.8) is 0 Å². The lowest BCUT2D eigenvalue weighted by molar-refractivity contribution is 0.0888. The Balaban J connectivity index is 0.00000300. The standard InChI is InChI=1S/C22H36N4O2.HI/c1-18(26-11-8-20-6-3-4-7-21(20)15-26)14-25-22(23-2)24-10-5-12-27-16-19-9-13-28-17-19;/h3-4,6-7,18-19H,5,8-17H2,1-2H3,(H2,23,24,25);1H. The molecule has 2 aliphatic heterocycles. The first-order valence-electron chi connectivity index (χ1n) is 10.7. The Kier molecular flexibility index (Phi) is 11.3. The first-order chi connectivity index (χ1) is 13.8. The molecule has 0 aliphatic carbocycles. The van der Waals surface area contributed by atoms with Gasteiger partial charge in [-0.3, -0.25) is 9.89 Å². The number of halogens is 1. The van der Waals surface area contributed by atoms with Gasteiger partial charge < -0.3 is 20.1 Å². The Bertz CT molecular complexity index is 623. The zero-order valence-electron chi connectivity index (χ0n) is 17.9. The largest absolute Gasteiger partial charge is 0.381 e. The highest BCUT2D eigenvalue weighted by atomic mass is 127. The third-order valence-corrected chi connectivity index (χ3v) is 5.71. The molecule has 1 aromatic rings. The summed E-state index contributed by atoms with van der Waals surface area (Å²) in [5.41, 5.74) is 2.96. The van der Waals surface area contributed by atoms with Gasteiger partial charge in [0.2, 0.25) is 0 Å². The topological polar surface area (TPSA) is 58.1 Å². The third kappa shape index (κ3) is 8.03. The molecular formula is C22H37IN4O2. The third-order valence-electron chi connectivity index (χ3n) is 5.71. The summed E-state index contributed by atoms with van der Waals surface area (Å²) in [7, 11) is 1.83. The van der Waals surface area contributed by atoms with E-state index in [0.717, 1.165) is 77.8 Å². The second kappa shape index (κ2) is 13.4. The van der Waals surface area contributed by atoms with Crippen LogP contribution in [0.2, 0.25) is 0 Å². The maximum absolute atomic E-state index is 5.75. The predicted molar refractivity (Wildman–Crippen MR) is 129 cm³/mol. The average Bonchev–Trinajstić information content (AvgIpc) is 3.25. The number of nitrogens with one attached hydrogen (secondary N) is 2. The van der Waals surface area contributed by atoms with Crippen LogP contribution in [-0.4, -0.2) is 70.0 Å². The van der Waals surface area contributed by atoms with Crippen LogP contribution in [0.1, 0.15) is 30.9 Å². The van der Waals surface area contributed by atoms with Crippen molar-refractivity contribution in [1.29, 1.82) is 0 Å². The van der Waals surface area contributed by atoms with Crippen molar-refractivity contribution in [3.05, 3.63) is 35.4 Å². The van der Waals surface area contributed by atoms with E-state index in [4.69, 9.17) is 9.47 Å². The summed E-state index contributed by atoms with van der Waals surface area (Å²) in [5.74, 6) is 1.46. The number of benzene rings is 1. The second-order valence-corrected chi connectivity index (χ2v) is 7.88. The van der Waals surface area contributed by atoms with Gasteiger partial charge >= 0.3 is 0 Å². The fourth-order valence-corrected chi connectivity index (χ4v) is 3.83. The van der Waals surface area contributed by atoms with Crippen molar-refractivity contribution >= 4 is 29.9 Å². The van der Waals surface area contributed by atoms with E-state index in [2.05, 4.69) is 51.7 Å². The molecule has 2 N–H and O–H groups in total. The van der Waals surface area contributed by atoms with E-state index >= 15 is 0 Å². The van der Waals surface area contributed by atoms with E-state index in [1.807, 2.05) is 7.05 Å². The van der Waals surface area contributed by atoms with Crippen LogP contribution in [-0.2, 0) is 22.4 Å². The Hall–Kier alpha value is -0.900. The van der Waals surface area contributed by atoms with E-state index in [-0.39, 0.29) is 24.0 Å². The molecule has 2 heterocycles. The van der Waals surface area contributed by atoms with Crippen molar-refractivity contribution in [2.45, 2.75) is 38.8 Å². The zero-order valence-corrected chi connectivity index (χ0v) is 20.2. The van der Waals surface area contributed by atoms with Gasteiger partial charge in [-0.25, -0.2) is 0 Å². The molecule has 6 nitrogen and oxygen atoms in total. The minimum absolute atomic E-state index is 0. The van der Waals surface area contributed by atoms with Gasteiger partial charge in [-0.05, 0) is 37.3 Å². The second-order valence-electron chi connectivity index (χ2n) is 7.88. The SMILES string of the molecule is CN=C(NCCCOCC1CCOC1)NCC(C)N1CCc2ccccc2C1.I. The normalized spacial score (nSPS) is 20.6. The lowest BCUT2D eigenvalue weighted by Crippen LogP contribution is -2.47. The predicted octanol–water partition coefficient (Wildman–Crippen LogP) is 2.66. The number of fused-ring (bicyclic) bond motifs is 1. The molecule has 2 unspecified atom stereocenters. The smallest absolute Gasteiger partial charge is 0.191 e. The highest BCUT2D eigenvalue weighted by Crippen LogP contribution is 2.19. The van der Waals surface area contributed by atoms with Gasteiger partial charge in [0.1, 0.15) is 0 Å². The molecule has 1 saturated heterocycles. The van der Waals surface area contributed by atoms with Gasteiger partial charge in [0.15, 0.2) is 5.96 Å². The lowest BCUT2D eigenvalue weighted by atomic mass is 9.99. The average molecular weight is 516 g/mol. The van der Waals surface area contributed by atoms with E-state index in [1.165, 1.54) is 11.1 Å². The molecule has 0 radical (unpaired) electrons. The molecule has 2 aliphatic rings. The summed E-state index contributed by atoms with van der Waals surface area (Å²) in [5, 5.41) is 6.85. The van der Waals surface area contributed by atoms with Crippen molar-refractivity contribution < 1.29 is 9.47 Å². The van der Waals surface area contributed by atoms with Crippen LogP contribution >= 0.6 is 24.0 Å². The fourth-order valence-electron chi connectivity index (χ4n) is 3.83. The number of nitrogens with zero attached hydrogens (tertiary/aromatic N) is 2. The first kappa shape index (κ1) is 24.4. The Labute approximate surface area is 192 Å². The van der Waals surface area contributed by atoms with E-state index in [0.29, 0.717) is 12.0 Å². The molecule has 2 atom stereocenters. The molecule has 7 heteroatoms.